The monoisotopic (exact) mass is 446 g/mol. The molecule has 0 spiro atoms. The van der Waals surface area contributed by atoms with Gasteiger partial charge < -0.3 is 0 Å². The lowest BCUT2D eigenvalue weighted by molar-refractivity contribution is 1.16. The van der Waals surface area contributed by atoms with Crippen LogP contribution in [0.25, 0.3) is 60.9 Å². The maximum atomic E-state index is 5.06. The summed E-state index contributed by atoms with van der Waals surface area (Å²) in [6, 6.07) is 26.3. The van der Waals surface area contributed by atoms with Gasteiger partial charge in [0.2, 0.25) is 0 Å². The van der Waals surface area contributed by atoms with Crippen molar-refractivity contribution >= 4 is 38.6 Å². The fourth-order valence-electron chi connectivity index (χ4n) is 6.54. The molecule has 0 N–H and O–H groups in total. The molecule has 2 aliphatic rings. The number of imidazole rings is 1. The lowest BCUT2D eigenvalue weighted by atomic mass is 9.94. The molecule has 0 atom stereocenters. The van der Waals surface area contributed by atoms with Crippen LogP contribution in [0.1, 0.15) is 22.3 Å². The Morgan fingerprint density at radius 3 is 2.43 bits per heavy atom. The summed E-state index contributed by atoms with van der Waals surface area (Å²) in [5.41, 5.74) is 14.8. The Labute approximate surface area is 200 Å². The van der Waals surface area contributed by atoms with Gasteiger partial charge in [0.15, 0.2) is 5.65 Å². The van der Waals surface area contributed by atoms with Crippen LogP contribution < -0.4 is 0 Å². The lowest BCUT2D eigenvalue weighted by Gasteiger charge is -2.13. The van der Waals surface area contributed by atoms with Gasteiger partial charge in [0, 0.05) is 23.2 Å². The van der Waals surface area contributed by atoms with Crippen LogP contribution in [0.5, 0.6) is 0 Å². The van der Waals surface area contributed by atoms with Crippen LogP contribution in [0.4, 0.5) is 0 Å². The first-order valence-electron chi connectivity index (χ1n) is 12.1. The van der Waals surface area contributed by atoms with Crippen molar-refractivity contribution in [3.8, 4) is 22.3 Å². The Bertz CT molecular complexity index is 2070. The van der Waals surface area contributed by atoms with Gasteiger partial charge in [0.1, 0.15) is 11.3 Å². The van der Waals surface area contributed by atoms with E-state index in [1.807, 2.05) is 24.5 Å². The Morgan fingerprint density at radius 2 is 1.43 bits per heavy atom. The first-order chi connectivity index (χ1) is 17.4. The third-order valence-electron chi connectivity index (χ3n) is 7.98. The van der Waals surface area contributed by atoms with Crippen LogP contribution in [0, 0.1) is 0 Å². The van der Waals surface area contributed by atoms with Crippen LogP contribution in [0.15, 0.2) is 85.2 Å². The molecule has 3 aromatic carbocycles. The summed E-state index contributed by atoms with van der Waals surface area (Å²) in [6.07, 6.45) is 5.65. The molecule has 0 radical (unpaired) electrons. The molecule has 9 rings (SSSR count). The van der Waals surface area contributed by atoms with Gasteiger partial charge >= 0.3 is 0 Å². The molecule has 0 amide bonds. The van der Waals surface area contributed by atoms with Gasteiger partial charge in [-0.15, -0.1) is 0 Å². The van der Waals surface area contributed by atoms with Crippen molar-refractivity contribution < 1.29 is 0 Å². The third-order valence-corrected chi connectivity index (χ3v) is 7.98. The molecule has 162 valence electrons. The minimum absolute atomic E-state index is 0.757. The Kier molecular flexibility index (Phi) is 3.11. The second kappa shape index (κ2) is 6.10. The van der Waals surface area contributed by atoms with Crippen LogP contribution in [-0.2, 0) is 12.8 Å². The number of hydrogen-bond acceptors (Lipinski definition) is 3. The van der Waals surface area contributed by atoms with E-state index in [1.165, 1.54) is 55.3 Å². The summed E-state index contributed by atoms with van der Waals surface area (Å²) in [4.78, 5) is 14.4. The highest BCUT2D eigenvalue weighted by Gasteiger charge is 2.30. The molecule has 35 heavy (non-hydrogen) atoms. The number of hydrogen-bond donors (Lipinski definition) is 0. The highest BCUT2D eigenvalue weighted by molar-refractivity contribution is 6.19. The van der Waals surface area contributed by atoms with E-state index >= 15 is 0 Å². The molecule has 2 aliphatic carbocycles. The van der Waals surface area contributed by atoms with Crippen molar-refractivity contribution in [1.82, 2.24) is 19.4 Å². The van der Waals surface area contributed by atoms with Crippen molar-refractivity contribution in [2.75, 3.05) is 0 Å². The van der Waals surface area contributed by atoms with E-state index in [9.17, 15) is 0 Å². The summed E-state index contributed by atoms with van der Waals surface area (Å²) < 4.78 is 2.20. The smallest absolute Gasteiger partial charge is 0.178 e. The number of benzene rings is 3. The van der Waals surface area contributed by atoms with Gasteiger partial charge in [0.05, 0.1) is 5.52 Å². The Hall–Kier alpha value is -4.57. The minimum atomic E-state index is 0.757. The van der Waals surface area contributed by atoms with Gasteiger partial charge in [-0.25, -0.2) is 15.0 Å². The fourth-order valence-corrected chi connectivity index (χ4v) is 6.54. The predicted molar refractivity (Wildman–Crippen MR) is 140 cm³/mol. The van der Waals surface area contributed by atoms with E-state index in [1.54, 1.807) is 0 Å². The molecule has 0 bridgehead atoms. The first-order valence-corrected chi connectivity index (χ1v) is 12.1. The van der Waals surface area contributed by atoms with Crippen molar-refractivity contribution in [3.05, 3.63) is 107 Å². The minimum Gasteiger partial charge on any atom is -0.274 e. The van der Waals surface area contributed by atoms with Gasteiger partial charge in [0.25, 0.3) is 0 Å². The molecular weight excluding hydrogens is 428 g/mol. The van der Waals surface area contributed by atoms with Gasteiger partial charge in [-0.1, -0.05) is 48.5 Å². The number of nitrogens with zero attached hydrogens (tertiary/aromatic N) is 4. The summed E-state index contributed by atoms with van der Waals surface area (Å²) >= 11 is 0. The molecule has 4 aromatic heterocycles. The van der Waals surface area contributed by atoms with Gasteiger partial charge in [-0.05, 0) is 87.0 Å². The normalized spacial score (nSPS) is 13.5. The van der Waals surface area contributed by atoms with Crippen molar-refractivity contribution in [1.29, 1.82) is 0 Å². The Balaban J connectivity index is 1.45. The number of rotatable bonds is 0. The second-order valence-electron chi connectivity index (χ2n) is 9.64. The third kappa shape index (κ3) is 2.11. The highest BCUT2D eigenvalue weighted by Crippen LogP contribution is 2.49. The van der Waals surface area contributed by atoms with Crippen molar-refractivity contribution in [2.45, 2.75) is 12.8 Å². The standard InChI is InChI=1S/C31H18N4/c1-2-6-19-17(5-1)15-24-20(19)11-12-22-25(24)16-18-9-10-21-23-7-3-14-33-30(23)35-26-8-4-13-32-29(26)34-31(35)28(21)27(18)22/h1-14H,15-16H2. The van der Waals surface area contributed by atoms with Crippen molar-refractivity contribution in [2.24, 2.45) is 0 Å². The quantitative estimate of drug-likeness (QED) is 0.243. The summed E-state index contributed by atoms with van der Waals surface area (Å²) in [6.45, 7) is 0. The number of pyridine rings is 3. The molecule has 7 aromatic rings. The average molecular weight is 447 g/mol. The average Bonchev–Trinajstić information content (AvgIpc) is 3.59. The van der Waals surface area contributed by atoms with Crippen LogP contribution in [0.2, 0.25) is 0 Å². The van der Waals surface area contributed by atoms with E-state index in [0.29, 0.717) is 0 Å². The molecule has 0 unspecified atom stereocenters. The van der Waals surface area contributed by atoms with E-state index in [4.69, 9.17) is 9.97 Å². The molecule has 0 fully saturated rings. The molecule has 4 nitrogen and oxygen atoms in total. The predicted octanol–water partition coefficient (Wildman–Crippen LogP) is 6.73. The van der Waals surface area contributed by atoms with Crippen LogP contribution in [-0.4, -0.2) is 19.4 Å². The molecule has 0 aliphatic heterocycles. The summed E-state index contributed by atoms with van der Waals surface area (Å²) in [7, 11) is 0. The summed E-state index contributed by atoms with van der Waals surface area (Å²) in [5.74, 6) is 0. The lowest BCUT2D eigenvalue weighted by Crippen LogP contribution is -1.95. The zero-order valence-electron chi connectivity index (χ0n) is 18.8. The maximum absolute atomic E-state index is 5.06. The van der Waals surface area contributed by atoms with E-state index < -0.39 is 0 Å². The topological polar surface area (TPSA) is 43.1 Å². The second-order valence-corrected chi connectivity index (χ2v) is 9.64. The fraction of sp³-hybridized carbons (Fsp3) is 0.0645. The van der Waals surface area contributed by atoms with E-state index in [-0.39, 0.29) is 0 Å². The molecule has 0 saturated heterocycles. The Morgan fingerprint density at radius 1 is 0.600 bits per heavy atom. The highest BCUT2D eigenvalue weighted by atomic mass is 15.1. The summed E-state index contributed by atoms with van der Waals surface area (Å²) in [5, 5.41) is 3.55. The van der Waals surface area contributed by atoms with Gasteiger partial charge in [-0.3, -0.25) is 4.40 Å². The largest absolute Gasteiger partial charge is 0.274 e. The van der Waals surface area contributed by atoms with Gasteiger partial charge in [-0.2, -0.15) is 0 Å². The molecular formula is C31H18N4. The van der Waals surface area contributed by atoms with Crippen LogP contribution >= 0.6 is 0 Å². The maximum Gasteiger partial charge on any atom is 0.178 e. The van der Waals surface area contributed by atoms with E-state index in [0.717, 1.165) is 40.7 Å². The first kappa shape index (κ1) is 17.8. The van der Waals surface area contributed by atoms with Crippen LogP contribution in [0.3, 0.4) is 0 Å². The zero-order valence-corrected chi connectivity index (χ0v) is 18.8. The van der Waals surface area contributed by atoms with E-state index in [2.05, 4.69) is 70.0 Å². The molecule has 4 heterocycles. The molecule has 4 heteroatoms. The number of fused-ring (bicyclic) bond motifs is 16. The molecule has 0 saturated carbocycles. The number of aromatic nitrogens is 4. The van der Waals surface area contributed by atoms with Crippen molar-refractivity contribution in [3.63, 3.8) is 0 Å². The zero-order chi connectivity index (χ0) is 22.7. The SMILES string of the molecule is c1ccc2c(c1)Cc1c-2ccc2c1Cc1ccc3c4cccnc4n4c5cccnc5nc4c3c1-2.